The minimum absolute atomic E-state index is 0.0861. The van der Waals surface area contributed by atoms with E-state index in [2.05, 4.69) is 6.58 Å². The largest absolute Gasteiger partial charge is 0.362 e. The Balaban J connectivity index is 1.89. The highest BCUT2D eigenvalue weighted by Gasteiger charge is 2.49. The molecule has 68 valence electrons. The van der Waals surface area contributed by atoms with Gasteiger partial charge in [-0.3, -0.25) is 0 Å². The van der Waals surface area contributed by atoms with E-state index in [9.17, 15) is 0 Å². The van der Waals surface area contributed by atoms with Crippen LogP contribution in [0.3, 0.4) is 0 Å². The highest BCUT2D eigenvalue weighted by Crippen LogP contribution is 2.34. The average Bonchev–Trinajstić information content (AvgIpc) is 2.70. The Labute approximate surface area is 72.3 Å². The molecule has 0 N–H and O–H groups in total. The number of rotatable bonds is 2. The molecule has 12 heavy (non-hydrogen) atoms. The molecule has 2 rings (SSSR count). The second-order valence-corrected chi connectivity index (χ2v) is 3.67. The van der Waals surface area contributed by atoms with Crippen molar-refractivity contribution in [1.29, 1.82) is 0 Å². The smallest absolute Gasteiger partial charge is 0.163 e. The molecule has 3 atom stereocenters. The van der Waals surface area contributed by atoms with Gasteiger partial charge in [-0.2, -0.15) is 0 Å². The topological polar surface area (TPSA) is 31.0 Å². The predicted octanol–water partition coefficient (Wildman–Crippen LogP) is 1.09. The summed E-state index contributed by atoms with van der Waals surface area (Å²) in [6, 6.07) is 0. The lowest BCUT2D eigenvalue weighted by Gasteiger charge is -2.16. The van der Waals surface area contributed by atoms with Crippen LogP contribution in [0.4, 0.5) is 0 Å². The van der Waals surface area contributed by atoms with Crippen molar-refractivity contribution in [2.24, 2.45) is 0 Å². The highest BCUT2D eigenvalue weighted by molar-refractivity contribution is 5.03. The summed E-state index contributed by atoms with van der Waals surface area (Å²) in [5, 5.41) is 0. The van der Waals surface area contributed by atoms with Gasteiger partial charge in [0.05, 0.1) is 6.61 Å². The summed E-state index contributed by atoms with van der Waals surface area (Å²) in [5.41, 5.74) is 0. The lowest BCUT2D eigenvalue weighted by atomic mass is 10.2. The molecule has 0 aromatic heterocycles. The molecule has 0 bridgehead atoms. The number of hydrogen-bond acceptors (Lipinski definition) is 3. The number of hydrogen-bond donors (Lipinski definition) is 0. The molecule has 0 amide bonds. The minimum atomic E-state index is -0.442. The Hall–Kier alpha value is -0.380. The fourth-order valence-corrected chi connectivity index (χ4v) is 1.50. The van der Waals surface area contributed by atoms with Crippen molar-refractivity contribution in [3.8, 4) is 0 Å². The highest BCUT2D eigenvalue weighted by atomic mass is 16.8. The van der Waals surface area contributed by atoms with Crippen LogP contribution >= 0.6 is 0 Å². The molecule has 0 aliphatic carbocycles. The summed E-state index contributed by atoms with van der Waals surface area (Å²) in [6.45, 7) is 8.12. The first kappa shape index (κ1) is 8.23. The second-order valence-electron chi connectivity index (χ2n) is 3.67. The van der Waals surface area contributed by atoms with Gasteiger partial charge in [-0.05, 0) is 13.8 Å². The second kappa shape index (κ2) is 2.55. The molecule has 2 fully saturated rings. The van der Waals surface area contributed by atoms with E-state index in [1.165, 1.54) is 0 Å². The van der Waals surface area contributed by atoms with E-state index in [-0.39, 0.29) is 18.3 Å². The Morgan fingerprint density at radius 2 is 2.25 bits per heavy atom. The van der Waals surface area contributed by atoms with Crippen molar-refractivity contribution in [3.63, 3.8) is 0 Å². The molecule has 0 aromatic carbocycles. The van der Waals surface area contributed by atoms with Crippen molar-refractivity contribution in [2.45, 2.75) is 37.9 Å². The molecule has 2 heterocycles. The first-order valence-corrected chi connectivity index (χ1v) is 4.22. The molecule has 2 aliphatic rings. The van der Waals surface area contributed by atoms with E-state index in [1.54, 1.807) is 6.08 Å². The van der Waals surface area contributed by atoms with E-state index in [4.69, 9.17) is 14.2 Å². The third-order valence-electron chi connectivity index (χ3n) is 2.19. The summed E-state index contributed by atoms with van der Waals surface area (Å²) in [5.74, 6) is -0.442. The van der Waals surface area contributed by atoms with Crippen LogP contribution in [0.2, 0.25) is 0 Å². The van der Waals surface area contributed by atoms with E-state index in [0.717, 1.165) is 0 Å². The molecule has 2 aliphatic heterocycles. The maximum Gasteiger partial charge on any atom is 0.163 e. The van der Waals surface area contributed by atoms with Crippen LogP contribution in [0.5, 0.6) is 0 Å². The molecular weight excluding hydrogens is 156 g/mol. The maximum absolute atomic E-state index is 5.61. The van der Waals surface area contributed by atoms with Crippen molar-refractivity contribution in [3.05, 3.63) is 12.7 Å². The van der Waals surface area contributed by atoms with Crippen LogP contribution in [0, 0.1) is 0 Å². The lowest BCUT2D eigenvalue weighted by Crippen LogP contribution is -2.24. The number of ether oxygens (including phenoxy) is 3. The fourth-order valence-electron chi connectivity index (χ4n) is 1.50. The summed E-state index contributed by atoms with van der Waals surface area (Å²) in [4.78, 5) is 0. The molecule has 0 aromatic rings. The zero-order valence-electron chi connectivity index (χ0n) is 7.45. The van der Waals surface area contributed by atoms with E-state index < -0.39 is 5.79 Å². The summed E-state index contributed by atoms with van der Waals surface area (Å²) in [6.07, 6.45) is 2.24. The van der Waals surface area contributed by atoms with Crippen LogP contribution in [0.25, 0.3) is 0 Å². The quantitative estimate of drug-likeness (QED) is 0.459. The Bertz CT molecular complexity index is 200. The van der Waals surface area contributed by atoms with Crippen molar-refractivity contribution < 1.29 is 14.2 Å². The Kier molecular flexibility index (Phi) is 1.75. The first-order valence-electron chi connectivity index (χ1n) is 4.22. The van der Waals surface area contributed by atoms with Crippen molar-refractivity contribution in [1.82, 2.24) is 0 Å². The van der Waals surface area contributed by atoms with Gasteiger partial charge in [0, 0.05) is 0 Å². The molecule has 0 unspecified atom stereocenters. The van der Waals surface area contributed by atoms with Crippen LogP contribution in [-0.4, -0.2) is 30.7 Å². The molecule has 0 spiro atoms. The lowest BCUT2D eigenvalue weighted by molar-refractivity contribution is -0.140. The molecule has 0 saturated carbocycles. The average molecular weight is 170 g/mol. The minimum Gasteiger partial charge on any atom is -0.362 e. The summed E-state index contributed by atoms with van der Waals surface area (Å²) >= 11 is 0. The third-order valence-corrected chi connectivity index (χ3v) is 2.19. The van der Waals surface area contributed by atoms with Gasteiger partial charge >= 0.3 is 0 Å². The van der Waals surface area contributed by atoms with Gasteiger partial charge in [0.25, 0.3) is 0 Å². The van der Waals surface area contributed by atoms with Gasteiger partial charge in [-0.15, -0.1) is 6.58 Å². The molecule has 3 heteroatoms. The van der Waals surface area contributed by atoms with E-state index in [1.807, 2.05) is 13.8 Å². The molecule has 3 nitrogen and oxygen atoms in total. The third kappa shape index (κ3) is 1.40. The van der Waals surface area contributed by atoms with Crippen LogP contribution < -0.4 is 0 Å². The van der Waals surface area contributed by atoms with Gasteiger partial charge in [0.15, 0.2) is 5.79 Å². The predicted molar refractivity (Wildman–Crippen MR) is 43.8 cm³/mol. The van der Waals surface area contributed by atoms with Crippen molar-refractivity contribution in [2.75, 3.05) is 6.61 Å². The van der Waals surface area contributed by atoms with Crippen molar-refractivity contribution >= 4 is 0 Å². The van der Waals surface area contributed by atoms with Gasteiger partial charge in [0.2, 0.25) is 0 Å². The summed E-state index contributed by atoms with van der Waals surface area (Å²) < 4.78 is 16.3. The normalized spacial score (nSPS) is 44.3. The Morgan fingerprint density at radius 1 is 1.50 bits per heavy atom. The molecule has 2 saturated heterocycles. The van der Waals surface area contributed by atoms with Gasteiger partial charge < -0.3 is 14.2 Å². The van der Waals surface area contributed by atoms with Gasteiger partial charge in [-0.1, -0.05) is 6.08 Å². The molecule has 0 radical (unpaired) electrons. The van der Waals surface area contributed by atoms with Gasteiger partial charge in [0.1, 0.15) is 18.3 Å². The standard InChI is InChI=1S/C9H14O3/c1-4-6-8(11-6)7-5-10-9(2,3)12-7/h4,6-8H,1,5H2,2-3H3/t6-,7-,8-/m1/s1. The molecular formula is C9H14O3. The zero-order chi connectivity index (χ0) is 8.77. The SMILES string of the molecule is C=C[C@H]1O[C@H]1[C@H]1COC(C)(C)O1. The van der Waals surface area contributed by atoms with E-state index in [0.29, 0.717) is 6.61 Å². The maximum atomic E-state index is 5.61. The first-order chi connectivity index (χ1) is 5.62. The van der Waals surface area contributed by atoms with Crippen LogP contribution in [0.1, 0.15) is 13.8 Å². The monoisotopic (exact) mass is 170 g/mol. The zero-order valence-corrected chi connectivity index (χ0v) is 7.45. The number of epoxide rings is 1. The van der Waals surface area contributed by atoms with Gasteiger partial charge in [-0.25, -0.2) is 0 Å². The van der Waals surface area contributed by atoms with Crippen LogP contribution in [0.15, 0.2) is 12.7 Å². The summed E-state index contributed by atoms with van der Waals surface area (Å²) in [7, 11) is 0. The Morgan fingerprint density at radius 3 is 2.67 bits per heavy atom. The fraction of sp³-hybridized carbons (Fsp3) is 0.778. The van der Waals surface area contributed by atoms with Crippen LogP contribution in [-0.2, 0) is 14.2 Å². The van der Waals surface area contributed by atoms with E-state index >= 15 is 0 Å².